The minimum atomic E-state index is -3.27. The van der Waals surface area contributed by atoms with E-state index in [1.807, 2.05) is 0 Å². The fourth-order valence-corrected chi connectivity index (χ4v) is 4.95. The Kier molecular flexibility index (Phi) is 4.25. The van der Waals surface area contributed by atoms with Crippen LogP contribution in [-0.4, -0.2) is 55.2 Å². The van der Waals surface area contributed by atoms with E-state index in [-0.39, 0.29) is 11.7 Å². The molecule has 2 heterocycles. The second kappa shape index (κ2) is 6.08. The highest BCUT2D eigenvalue weighted by Gasteiger charge is 2.35. The van der Waals surface area contributed by atoms with Gasteiger partial charge >= 0.3 is 5.97 Å². The number of nitrogens with zero attached hydrogens (tertiary/aromatic N) is 2. The molecule has 0 saturated carbocycles. The Morgan fingerprint density at radius 3 is 2.54 bits per heavy atom. The van der Waals surface area contributed by atoms with Gasteiger partial charge in [0.15, 0.2) is 0 Å². The van der Waals surface area contributed by atoms with Crippen LogP contribution < -0.4 is 4.31 Å². The summed E-state index contributed by atoms with van der Waals surface area (Å²) in [6.45, 7) is 2.62. The van der Waals surface area contributed by atoms with Crippen LogP contribution in [0.4, 0.5) is 5.69 Å². The first-order valence-electron chi connectivity index (χ1n) is 7.96. The van der Waals surface area contributed by atoms with Crippen molar-refractivity contribution in [2.75, 3.05) is 23.1 Å². The molecule has 2 aliphatic heterocycles. The summed E-state index contributed by atoms with van der Waals surface area (Å²) in [7, 11) is -3.27. The van der Waals surface area contributed by atoms with E-state index in [2.05, 4.69) is 0 Å². The van der Waals surface area contributed by atoms with Crippen molar-refractivity contribution in [3.8, 4) is 0 Å². The van der Waals surface area contributed by atoms with Gasteiger partial charge in [0.25, 0.3) is 5.91 Å². The average molecular weight is 352 g/mol. The van der Waals surface area contributed by atoms with Crippen LogP contribution in [0.3, 0.4) is 0 Å². The molecule has 0 radical (unpaired) electrons. The molecule has 8 heteroatoms. The lowest BCUT2D eigenvalue weighted by Crippen LogP contribution is -2.40. The molecular formula is C16H20N2O5S. The van der Waals surface area contributed by atoms with E-state index in [0.717, 1.165) is 0 Å². The van der Waals surface area contributed by atoms with Gasteiger partial charge in [-0.2, -0.15) is 0 Å². The van der Waals surface area contributed by atoms with Crippen molar-refractivity contribution >= 4 is 27.6 Å². The van der Waals surface area contributed by atoms with E-state index in [1.165, 1.54) is 9.21 Å². The van der Waals surface area contributed by atoms with Gasteiger partial charge in [-0.25, -0.2) is 13.2 Å². The van der Waals surface area contributed by atoms with E-state index in [9.17, 15) is 23.1 Å². The molecule has 1 atom stereocenters. The highest BCUT2D eigenvalue weighted by Crippen LogP contribution is 2.28. The number of likely N-dealkylation sites (tertiary alicyclic amines) is 1. The third kappa shape index (κ3) is 2.86. The second-order valence-electron chi connectivity index (χ2n) is 6.24. The third-order valence-corrected chi connectivity index (χ3v) is 6.50. The Morgan fingerprint density at radius 2 is 1.96 bits per heavy atom. The Bertz CT molecular complexity index is 790. The molecule has 0 spiro atoms. The number of benzene rings is 1. The predicted octanol–water partition coefficient (Wildman–Crippen LogP) is 1.22. The third-order valence-electron chi connectivity index (χ3n) is 4.63. The SMILES string of the molecule is Cc1cc(N2CCCS2(=O)=O)ccc1C(=O)N1CCC[C@@H]1C(=O)O. The van der Waals surface area contributed by atoms with Gasteiger partial charge in [0, 0.05) is 18.7 Å². The molecule has 1 amide bonds. The fourth-order valence-electron chi connectivity index (χ4n) is 3.39. The molecule has 1 aromatic carbocycles. The van der Waals surface area contributed by atoms with Gasteiger partial charge in [0.05, 0.1) is 11.4 Å². The molecule has 24 heavy (non-hydrogen) atoms. The molecule has 3 rings (SSSR count). The Morgan fingerprint density at radius 1 is 1.21 bits per heavy atom. The molecule has 2 aliphatic rings. The zero-order chi connectivity index (χ0) is 17.5. The lowest BCUT2D eigenvalue weighted by molar-refractivity contribution is -0.141. The van der Waals surface area contributed by atoms with Crippen LogP contribution in [-0.2, 0) is 14.8 Å². The summed E-state index contributed by atoms with van der Waals surface area (Å²) in [5.41, 5.74) is 1.62. The molecule has 0 bridgehead atoms. The number of anilines is 1. The van der Waals surface area contributed by atoms with Crippen molar-refractivity contribution in [1.82, 2.24) is 4.90 Å². The normalized spacial score (nSPS) is 22.8. The summed E-state index contributed by atoms with van der Waals surface area (Å²) < 4.78 is 25.4. The summed E-state index contributed by atoms with van der Waals surface area (Å²) in [5, 5.41) is 9.23. The quantitative estimate of drug-likeness (QED) is 0.883. The van der Waals surface area contributed by atoms with Crippen LogP contribution in [0.5, 0.6) is 0 Å². The predicted molar refractivity (Wildman–Crippen MR) is 88.6 cm³/mol. The number of carboxylic acid groups (broad SMARTS) is 1. The van der Waals surface area contributed by atoms with E-state index in [4.69, 9.17) is 0 Å². The zero-order valence-electron chi connectivity index (χ0n) is 13.4. The summed E-state index contributed by atoms with van der Waals surface area (Å²) >= 11 is 0. The number of amides is 1. The minimum absolute atomic E-state index is 0.140. The Labute approximate surface area is 140 Å². The number of rotatable bonds is 3. The van der Waals surface area contributed by atoms with Gasteiger partial charge in [-0.1, -0.05) is 0 Å². The molecule has 1 N–H and O–H groups in total. The first-order valence-corrected chi connectivity index (χ1v) is 9.57. The molecule has 2 fully saturated rings. The molecule has 0 aromatic heterocycles. The summed E-state index contributed by atoms with van der Waals surface area (Å²) in [6, 6.07) is 4.12. The zero-order valence-corrected chi connectivity index (χ0v) is 14.3. The maximum absolute atomic E-state index is 12.7. The van der Waals surface area contributed by atoms with Crippen molar-refractivity contribution in [3.05, 3.63) is 29.3 Å². The summed E-state index contributed by atoms with van der Waals surface area (Å²) in [6.07, 6.45) is 1.73. The topological polar surface area (TPSA) is 95.0 Å². The Hall–Kier alpha value is -2.09. The highest BCUT2D eigenvalue weighted by atomic mass is 32.2. The standard InChI is InChI=1S/C16H20N2O5S/c1-11-10-12(18-8-3-9-24(18,22)23)5-6-13(11)15(19)17-7-2-4-14(17)16(20)21/h5-6,10,14H,2-4,7-9H2,1H3,(H,20,21)/t14-/m1/s1. The fraction of sp³-hybridized carbons (Fsp3) is 0.500. The number of aryl methyl sites for hydroxylation is 1. The van der Waals surface area contributed by atoms with Gasteiger partial charge in [-0.3, -0.25) is 9.10 Å². The largest absolute Gasteiger partial charge is 0.480 e. The lowest BCUT2D eigenvalue weighted by atomic mass is 10.1. The van der Waals surface area contributed by atoms with Crippen molar-refractivity contribution in [1.29, 1.82) is 0 Å². The van der Waals surface area contributed by atoms with E-state index in [1.54, 1.807) is 25.1 Å². The number of carboxylic acids is 1. The lowest BCUT2D eigenvalue weighted by Gasteiger charge is -2.23. The average Bonchev–Trinajstić information content (AvgIpc) is 3.12. The van der Waals surface area contributed by atoms with E-state index < -0.39 is 22.0 Å². The van der Waals surface area contributed by atoms with E-state index in [0.29, 0.717) is 49.2 Å². The van der Waals surface area contributed by atoms with Crippen LogP contribution in [0.15, 0.2) is 18.2 Å². The van der Waals surface area contributed by atoms with Gasteiger partial charge < -0.3 is 10.0 Å². The van der Waals surface area contributed by atoms with Crippen LogP contribution in [0, 0.1) is 6.92 Å². The van der Waals surface area contributed by atoms with Crippen LogP contribution in [0.1, 0.15) is 35.2 Å². The van der Waals surface area contributed by atoms with Gasteiger partial charge in [0.1, 0.15) is 6.04 Å². The first-order chi connectivity index (χ1) is 11.3. The van der Waals surface area contributed by atoms with Crippen molar-refractivity contribution in [3.63, 3.8) is 0 Å². The summed E-state index contributed by atoms with van der Waals surface area (Å²) in [5.74, 6) is -1.16. The number of aliphatic carboxylic acids is 1. The number of hydrogen-bond donors (Lipinski definition) is 1. The van der Waals surface area contributed by atoms with Crippen LogP contribution in [0.25, 0.3) is 0 Å². The number of hydrogen-bond acceptors (Lipinski definition) is 4. The van der Waals surface area contributed by atoms with Gasteiger partial charge in [0.2, 0.25) is 10.0 Å². The number of carbonyl (C=O) groups excluding carboxylic acids is 1. The highest BCUT2D eigenvalue weighted by molar-refractivity contribution is 7.93. The molecule has 0 aliphatic carbocycles. The molecule has 1 aromatic rings. The number of sulfonamides is 1. The van der Waals surface area contributed by atoms with Crippen molar-refractivity contribution in [2.24, 2.45) is 0 Å². The number of carbonyl (C=O) groups is 2. The summed E-state index contributed by atoms with van der Waals surface area (Å²) in [4.78, 5) is 25.3. The monoisotopic (exact) mass is 352 g/mol. The Balaban J connectivity index is 1.88. The maximum Gasteiger partial charge on any atom is 0.326 e. The molecule has 2 saturated heterocycles. The maximum atomic E-state index is 12.7. The molecular weight excluding hydrogens is 332 g/mol. The minimum Gasteiger partial charge on any atom is -0.480 e. The van der Waals surface area contributed by atoms with Crippen LogP contribution >= 0.6 is 0 Å². The second-order valence-corrected chi connectivity index (χ2v) is 8.25. The first kappa shape index (κ1) is 16.8. The van der Waals surface area contributed by atoms with Crippen molar-refractivity contribution < 1.29 is 23.1 Å². The molecule has 130 valence electrons. The van der Waals surface area contributed by atoms with Crippen molar-refractivity contribution in [2.45, 2.75) is 32.2 Å². The van der Waals surface area contributed by atoms with Gasteiger partial charge in [-0.15, -0.1) is 0 Å². The van der Waals surface area contributed by atoms with Crippen LogP contribution in [0.2, 0.25) is 0 Å². The van der Waals surface area contributed by atoms with E-state index >= 15 is 0 Å². The smallest absolute Gasteiger partial charge is 0.326 e. The molecule has 7 nitrogen and oxygen atoms in total. The molecule has 0 unspecified atom stereocenters. The van der Waals surface area contributed by atoms with Gasteiger partial charge in [-0.05, 0) is 49.9 Å².